The van der Waals surface area contributed by atoms with E-state index in [1.165, 1.54) is 0 Å². The quantitative estimate of drug-likeness (QED) is 0.306. The van der Waals surface area contributed by atoms with Crippen LogP contribution in [0.25, 0.3) is 28.0 Å². The van der Waals surface area contributed by atoms with Crippen LogP contribution in [0.4, 0.5) is 29.3 Å². The van der Waals surface area contributed by atoms with Crippen molar-refractivity contribution in [3.63, 3.8) is 0 Å². The minimum atomic E-state index is -4.51. The number of hydrogen-bond acceptors (Lipinski definition) is 4. The summed E-state index contributed by atoms with van der Waals surface area (Å²) in [7, 11) is 0. The highest BCUT2D eigenvalue weighted by atomic mass is 19.4. The third kappa shape index (κ3) is 5.84. The topological polar surface area (TPSA) is 93.7 Å². The molecule has 0 saturated carbocycles. The first-order valence-corrected chi connectivity index (χ1v) is 10.8. The smallest absolute Gasteiger partial charge is 0.405 e. The number of para-hydroxylation sites is 1. The van der Waals surface area contributed by atoms with Crippen molar-refractivity contribution in [1.29, 1.82) is 0 Å². The summed E-state index contributed by atoms with van der Waals surface area (Å²) in [5.41, 5.74) is 10.9. The first kappa shape index (κ1) is 23.9. The molecule has 2 amide bonds. The van der Waals surface area contributed by atoms with Crippen molar-refractivity contribution in [2.75, 3.05) is 17.6 Å². The lowest BCUT2D eigenvalue weighted by Crippen LogP contribution is -2.36. The maximum absolute atomic E-state index is 12.4. The second kappa shape index (κ2) is 9.57. The summed E-state index contributed by atoms with van der Waals surface area (Å²) in [6, 6.07) is 15.4. The third-order valence-electron chi connectivity index (χ3n) is 5.07. The van der Waals surface area contributed by atoms with Crippen LogP contribution in [0.5, 0.6) is 5.75 Å². The van der Waals surface area contributed by atoms with Gasteiger partial charge < -0.3 is 21.1 Å². The summed E-state index contributed by atoms with van der Waals surface area (Å²) in [5, 5.41) is 4.24. The zero-order valence-corrected chi connectivity index (χ0v) is 19.1. The number of amides is 2. The Morgan fingerprint density at radius 3 is 2.60 bits per heavy atom. The molecule has 0 aliphatic rings. The van der Waals surface area contributed by atoms with Crippen LogP contribution < -0.4 is 21.1 Å². The van der Waals surface area contributed by atoms with E-state index in [4.69, 9.17) is 10.5 Å². The van der Waals surface area contributed by atoms with Crippen molar-refractivity contribution in [3.8, 4) is 28.1 Å². The average Bonchev–Trinajstić information content (AvgIpc) is 3.20. The highest BCUT2D eigenvalue weighted by Gasteiger charge is 2.27. The number of rotatable bonds is 6. The Morgan fingerprint density at radius 2 is 1.89 bits per heavy atom. The van der Waals surface area contributed by atoms with E-state index >= 15 is 0 Å². The molecule has 2 aromatic carbocycles. The van der Waals surface area contributed by atoms with Crippen molar-refractivity contribution in [2.45, 2.75) is 26.1 Å². The fourth-order valence-electron chi connectivity index (χ4n) is 3.64. The predicted molar refractivity (Wildman–Crippen MR) is 129 cm³/mol. The lowest BCUT2D eigenvalue weighted by Gasteiger charge is -2.15. The summed E-state index contributed by atoms with van der Waals surface area (Å²) < 4.78 is 45.0. The molecule has 0 aliphatic carbocycles. The Labute approximate surface area is 199 Å². The van der Waals surface area contributed by atoms with Gasteiger partial charge in [-0.05, 0) is 49.7 Å². The Balaban J connectivity index is 1.68. The molecule has 0 saturated heterocycles. The molecule has 0 bridgehead atoms. The number of fused-ring (bicyclic) bond motifs is 1. The number of halogens is 3. The Hall–Kier alpha value is -4.21. The number of anilines is 2. The number of nitrogens with zero attached hydrogens (tertiary/aromatic N) is 2. The molecule has 4 rings (SSSR count). The molecule has 2 heterocycles. The maximum Gasteiger partial charge on any atom is 0.405 e. The molecule has 2 aromatic heterocycles. The fraction of sp³-hybridized carbons (Fsp3) is 0.200. The van der Waals surface area contributed by atoms with Gasteiger partial charge in [0.25, 0.3) is 0 Å². The van der Waals surface area contributed by atoms with Gasteiger partial charge in [0.15, 0.2) is 0 Å². The van der Waals surface area contributed by atoms with Crippen LogP contribution in [0.2, 0.25) is 0 Å². The van der Waals surface area contributed by atoms with Gasteiger partial charge in [0.2, 0.25) is 0 Å². The van der Waals surface area contributed by atoms with Crippen LogP contribution in [0.1, 0.15) is 13.8 Å². The van der Waals surface area contributed by atoms with Gasteiger partial charge in [-0.1, -0.05) is 18.2 Å². The minimum absolute atomic E-state index is 0.154. The maximum atomic E-state index is 12.4. The Kier molecular flexibility index (Phi) is 6.54. The molecule has 0 atom stereocenters. The first-order chi connectivity index (χ1) is 16.6. The number of carbonyl (C=O) groups is 1. The molecule has 182 valence electrons. The molecular weight excluding hydrogens is 459 g/mol. The van der Waals surface area contributed by atoms with E-state index in [0.29, 0.717) is 28.3 Å². The van der Waals surface area contributed by atoms with Gasteiger partial charge in [-0.15, -0.1) is 0 Å². The normalized spacial score (nSPS) is 11.6. The minimum Gasteiger partial charge on any atom is -0.491 e. The number of ether oxygens (including phenoxy) is 1. The highest BCUT2D eigenvalue weighted by Crippen LogP contribution is 2.32. The molecule has 0 aliphatic heterocycles. The van der Waals surface area contributed by atoms with Crippen molar-refractivity contribution < 1.29 is 22.7 Å². The van der Waals surface area contributed by atoms with Gasteiger partial charge >= 0.3 is 12.2 Å². The zero-order chi connectivity index (χ0) is 25.2. The number of imidazole rings is 1. The van der Waals surface area contributed by atoms with E-state index in [1.54, 1.807) is 29.7 Å². The van der Waals surface area contributed by atoms with Gasteiger partial charge in [0, 0.05) is 34.8 Å². The Bertz CT molecular complexity index is 1360. The number of alkyl halides is 3. The number of benzene rings is 2. The second-order valence-corrected chi connectivity index (χ2v) is 8.21. The number of hydrogen-bond donors (Lipinski definition) is 3. The third-order valence-corrected chi connectivity index (χ3v) is 5.07. The van der Waals surface area contributed by atoms with Crippen LogP contribution in [-0.2, 0) is 0 Å². The summed E-state index contributed by atoms with van der Waals surface area (Å²) in [6.07, 6.45) is -1.13. The molecule has 35 heavy (non-hydrogen) atoms. The molecule has 0 fully saturated rings. The highest BCUT2D eigenvalue weighted by molar-refractivity contribution is 5.90. The number of pyridine rings is 1. The largest absolute Gasteiger partial charge is 0.491 e. The standard InChI is InChI=1S/C25H24F3N5O2/c1-15(2)35-19-10-17(9-18(12-19)32-24(34)31-14-25(26,27)28)22-13-30-23-11-16(7-8-33(22)23)20-5-3-4-6-21(20)29/h3-13,15H,14,29H2,1-2H3,(H2,31,32,34). The van der Waals surface area contributed by atoms with Gasteiger partial charge in [-0.3, -0.25) is 4.40 Å². The predicted octanol–water partition coefficient (Wildman–Crippen LogP) is 5.72. The molecular formula is C25H24F3N5O2. The van der Waals surface area contributed by atoms with E-state index in [1.807, 2.05) is 60.8 Å². The number of urea groups is 1. The van der Waals surface area contributed by atoms with Crippen LogP contribution in [0.15, 0.2) is 67.0 Å². The van der Waals surface area contributed by atoms with Gasteiger partial charge in [-0.25, -0.2) is 9.78 Å². The molecule has 0 unspecified atom stereocenters. The van der Waals surface area contributed by atoms with Crippen LogP contribution >= 0.6 is 0 Å². The van der Waals surface area contributed by atoms with Gasteiger partial charge in [0.1, 0.15) is 17.9 Å². The molecule has 4 aromatic rings. The fourth-order valence-corrected chi connectivity index (χ4v) is 3.64. The summed E-state index contributed by atoms with van der Waals surface area (Å²) >= 11 is 0. The average molecular weight is 483 g/mol. The number of carbonyl (C=O) groups excluding carboxylic acids is 1. The van der Waals surface area contributed by atoms with E-state index < -0.39 is 18.8 Å². The number of aromatic nitrogens is 2. The summed E-state index contributed by atoms with van der Waals surface area (Å²) in [6.45, 7) is 2.26. The van der Waals surface area contributed by atoms with Crippen molar-refractivity contribution in [2.24, 2.45) is 0 Å². The van der Waals surface area contributed by atoms with E-state index in [-0.39, 0.29) is 11.8 Å². The second-order valence-electron chi connectivity index (χ2n) is 8.21. The number of nitrogens with two attached hydrogens (primary N) is 1. The van der Waals surface area contributed by atoms with Crippen molar-refractivity contribution >= 4 is 23.1 Å². The van der Waals surface area contributed by atoms with Crippen molar-refractivity contribution in [1.82, 2.24) is 14.7 Å². The lowest BCUT2D eigenvalue weighted by molar-refractivity contribution is -0.122. The Morgan fingerprint density at radius 1 is 1.11 bits per heavy atom. The molecule has 7 nitrogen and oxygen atoms in total. The van der Waals surface area contributed by atoms with Crippen LogP contribution in [0.3, 0.4) is 0 Å². The number of nitrogen functional groups attached to an aromatic ring is 1. The monoisotopic (exact) mass is 483 g/mol. The van der Waals surface area contributed by atoms with Crippen molar-refractivity contribution in [3.05, 3.63) is 67.0 Å². The number of nitrogens with one attached hydrogen (secondary N) is 2. The zero-order valence-electron chi connectivity index (χ0n) is 19.1. The first-order valence-electron chi connectivity index (χ1n) is 10.8. The molecule has 10 heteroatoms. The lowest BCUT2D eigenvalue weighted by atomic mass is 10.1. The summed E-state index contributed by atoms with van der Waals surface area (Å²) in [5.74, 6) is 0.451. The van der Waals surface area contributed by atoms with Crippen LogP contribution in [-0.4, -0.2) is 34.2 Å². The molecule has 4 N–H and O–H groups in total. The van der Waals surface area contributed by atoms with Gasteiger partial charge in [0.05, 0.1) is 18.0 Å². The molecule has 0 spiro atoms. The summed E-state index contributed by atoms with van der Waals surface area (Å²) in [4.78, 5) is 16.5. The van der Waals surface area contributed by atoms with E-state index in [9.17, 15) is 18.0 Å². The van der Waals surface area contributed by atoms with E-state index in [2.05, 4.69) is 10.3 Å². The van der Waals surface area contributed by atoms with E-state index in [0.717, 1.165) is 11.1 Å². The SMILES string of the molecule is CC(C)Oc1cc(NC(=O)NCC(F)(F)F)cc(-c2cnc3cc(-c4ccccc4N)ccn23)c1. The van der Waals surface area contributed by atoms with Gasteiger partial charge in [-0.2, -0.15) is 13.2 Å². The molecule has 0 radical (unpaired) electrons. The van der Waals surface area contributed by atoms with Crippen LogP contribution in [0, 0.1) is 0 Å².